The van der Waals surface area contributed by atoms with Crippen LogP contribution < -0.4 is 0 Å². The predicted octanol–water partition coefficient (Wildman–Crippen LogP) is 1.54. The third kappa shape index (κ3) is 2.87. The van der Waals surface area contributed by atoms with Crippen LogP contribution in [-0.2, 0) is 0 Å². The molecule has 1 rings (SSSR count). The van der Waals surface area contributed by atoms with Gasteiger partial charge in [-0.2, -0.15) is 0 Å². The first-order valence-corrected chi connectivity index (χ1v) is 5.21. The Morgan fingerprint density at radius 2 is 2.07 bits per heavy atom. The average molecular weight is 201 g/mol. The van der Waals surface area contributed by atoms with E-state index in [0.717, 1.165) is 6.42 Å². The van der Waals surface area contributed by atoms with Crippen molar-refractivity contribution in [2.75, 3.05) is 13.7 Å². The highest BCUT2D eigenvalue weighted by Gasteiger charge is 2.24. The molecule has 1 unspecified atom stereocenters. The van der Waals surface area contributed by atoms with Gasteiger partial charge >= 0.3 is 6.09 Å². The van der Waals surface area contributed by atoms with Crippen LogP contribution in [0.5, 0.6) is 0 Å². The second-order valence-electron chi connectivity index (χ2n) is 4.12. The second-order valence-corrected chi connectivity index (χ2v) is 4.12. The normalized spacial score (nSPS) is 19.6. The number of aliphatic hydroxyl groups is 1. The Bertz CT molecular complexity index is 190. The maximum absolute atomic E-state index is 10.7. The van der Waals surface area contributed by atoms with Crippen molar-refractivity contribution in [3.8, 4) is 0 Å². The van der Waals surface area contributed by atoms with Crippen LogP contribution in [0.25, 0.3) is 0 Å². The number of hydrogen-bond donors (Lipinski definition) is 2. The van der Waals surface area contributed by atoms with Crippen LogP contribution in [0.15, 0.2) is 0 Å². The Kier molecular flexibility index (Phi) is 4.20. The molecule has 0 radical (unpaired) electrons. The van der Waals surface area contributed by atoms with E-state index in [0.29, 0.717) is 5.92 Å². The summed E-state index contributed by atoms with van der Waals surface area (Å²) in [6.07, 6.45) is 4.72. The van der Waals surface area contributed by atoms with Crippen molar-refractivity contribution in [3.63, 3.8) is 0 Å². The van der Waals surface area contributed by atoms with Crippen LogP contribution in [0.2, 0.25) is 0 Å². The number of carboxylic acid groups (broad SMARTS) is 1. The zero-order valence-electron chi connectivity index (χ0n) is 8.65. The average Bonchev–Trinajstić information content (AvgIpc) is 2.65. The second kappa shape index (κ2) is 5.20. The minimum Gasteiger partial charge on any atom is -0.465 e. The summed E-state index contributed by atoms with van der Waals surface area (Å²) in [6.45, 7) is -0.0701. The van der Waals surface area contributed by atoms with E-state index >= 15 is 0 Å². The van der Waals surface area contributed by atoms with Gasteiger partial charge in [-0.05, 0) is 12.3 Å². The summed E-state index contributed by atoms with van der Waals surface area (Å²) in [5, 5.41) is 17.9. The molecule has 82 valence electrons. The Morgan fingerprint density at radius 3 is 2.50 bits per heavy atom. The van der Waals surface area contributed by atoms with E-state index in [9.17, 15) is 4.79 Å². The summed E-state index contributed by atoms with van der Waals surface area (Å²) < 4.78 is 0. The molecule has 1 amide bonds. The van der Waals surface area contributed by atoms with Crippen molar-refractivity contribution in [3.05, 3.63) is 0 Å². The highest BCUT2D eigenvalue weighted by molar-refractivity contribution is 5.64. The van der Waals surface area contributed by atoms with Crippen molar-refractivity contribution in [2.24, 2.45) is 5.92 Å². The first-order chi connectivity index (χ1) is 6.65. The zero-order chi connectivity index (χ0) is 10.6. The quantitative estimate of drug-likeness (QED) is 0.725. The Morgan fingerprint density at radius 1 is 1.50 bits per heavy atom. The fourth-order valence-corrected chi connectivity index (χ4v) is 2.14. The Hall–Kier alpha value is -0.770. The van der Waals surface area contributed by atoms with Crippen LogP contribution >= 0.6 is 0 Å². The number of nitrogens with zero attached hydrogens (tertiary/aromatic N) is 1. The summed E-state index contributed by atoms with van der Waals surface area (Å²) in [5.74, 6) is 0.606. The molecule has 0 heterocycles. The van der Waals surface area contributed by atoms with Crippen molar-refractivity contribution in [2.45, 2.75) is 38.1 Å². The predicted molar refractivity (Wildman–Crippen MR) is 53.2 cm³/mol. The van der Waals surface area contributed by atoms with Gasteiger partial charge in [0.25, 0.3) is 0 Å². The molecule has 14 heavy (non-hydrogen) atoms. The molecule has 1 aliphatic carbocycles. The summed E-state index contributed by atoms with van der Waals surface area (Å²) in [6, 6.07) is -0.226. The molecule has 2 N–H and O–H groups in total. The zero-order valence-corrected chi connectivity index (χ0v) is 8.65. The van der Waals surface area contributed by atoms with E-state index in [1.807, 2.05) is 0 Å². The van der Waals surface area contributed by atoms with Crippen molar-refractivity contribution in [1.29, 1.82) is 0 Å². The van der Waals surface area contributed by atoms with E-state index in [4.69, 9.17) is 10.2 Å². The minimum absolute atomic E-state index is 0.0701. The van der Waals surface area contributed by atoms with Gasteiger partial charge < -0.3 is 15.1 Å². The fraction of sp³-hybridized carbons (Fsp3) is 0.900. The molecule has 1 saturated carbocycles. The topological polar surface area (TPSA) is 60.8 Å². The number of rotatable bonds is 4. The molecule has 0 bridgehead atoms. The summed E-state index contributed by atoms with van der Waals surface area (Å²) in [7, 11) is 1.53. The molecular formula is C10H19NO3. The maximum atomic E-state index is 10.7. The molecule has 1 aliphatic rings. The molecule has 1 fully saturated rings. The van der Waals surface area contributed by atoms with E-state index in [-0.39, 0.29) is 12.6 Å². The lowest BCUT2D eigenvalue weighted by Crippen LogP contribution is -2.39. The van der Waals surface area contributed by atoms with Gasteiger partial charge in [0, 0.05) is 7.05 Å². The monoisotopic (exact) mass is 201 g/mol. The first kappa shape index (κ1) is 11.3. The van der Waals surface area contributed by atoms with Crippen LogP contribution in [0.3, 0.4) is 0 Å². The molecule has 0 saturated heterocycles. The SMILES string of the molecule is CN(C(=O)O)C(CO)CC1CCCC1. The van der Waals surface area contributed by atoms with Gasteiger partial charge in [-0.15, -0.1) is 0 Å². The minimum atomic E-state index is -0.956. The third-order valence-electron chi connectivity index (χ3n) is 3.14. The summed E-state index contributed by atoms with van der Waals surface area (Å²) in [5.41, 5.74) is 0. The van der Waals surface area contributed by atoms with Crippen LogP contribution in [0, 0.1) is 5.92 Å². The third-order valence-corrected chi connectivity index (χ3v) is 3.14. The van der Waals surface area contributed by atoms with E-state index < -0.39 is 6.09 Å². The molecule has 0 aromatic heterocycles. The van der Waals surface area contributed by atoms with Crippen molar-refractivity contribution >= 4 is 6.09 Å². The lowest BCUT2D eigenvalue weighted by Gasteiger charge is -2.26. The molecule has 0 aromatic rings. The number of likely N-dealkylation sites (N-methyl/N-ethyl adjacent to an activating group) is 1. The van der Waals surface area contributed by atoms with E-state index in [1.54, 1.807) is 0 Å². The Labute approximate surface area is 84.5 Å². The molecule has 0 spiro atoms. The largest absolute Gasteiger partial charge is 0.465 e. The highest BCUT2D eigenvalue weighted by Crippen LogP contribution is 2.29. The number of amides is 1. The maximum Gasteiger partial charge on any atom is 0.407 e. The van der Waals surface area contributed by atoms with Gasteiger partial charge in [0.1, 0.15) is 0 Å². The van der Waals surface area contributed by atoms with Crippen molar-refractivity contribution in [1.82, 2.24) is 4.90 Å². The van der Waals surface area contributed by atoms with E-state index in [1.165, 1.54) is 37.6 Å². The van der Waals surface area contributed by atoms with Gasteiger partial charge in [0.05, 0.1) is 12.6 Å². The lowest BCUT2D eigenvalue weighted by molar-refractivity contribution is 0.102. The molecule has 1 atom stereocenters. The van der Waals surface area contributed by atoms with Gasteiger partial charge in [-0.3, -0.25) is 0 Å². The standard InChI is InChI=1S/C10H19NO3/c1-11(10(13)14)9(7-12)6-8-4-2-3-5-8/h8-9,12H,2-7H2,1H3,(H,13,14). The number of hydrogen-bond acceptors (Lipinski definition) is 2. The molecule has 4 heteroatoms. The molecular weight excluding hydrogens is 182 g/mol. The number of aliphatic hydroxyl groups excluding tert-OH is 1. The molecule has 0 aliphatic heterocycles. The first-order valence-electron chi connectivity index (χ1n) is 5.21. The summed E-state index contributed by atoms with van der Waals surface area (Å²) in [4.78, 5) is 11.9. The smallest absolute Gasteiger partial charge is 0.407 e. The van der Waals surface area contributed by atoms with Gasteiger partial charge in [0.15, 0.2) is 0 Å². The lowest BCUT2D eigenvalue weighted by atomic mass is 9.98. The van der Waals surface area contributed by atoms with Gasteiger partial charge in [-0.1, -0.05) is 25.7 Å². The molecule has 0 aromatic carbocycles. The van der Waals surface area contributed by atoms with Crippen molar-refractivity contribution < 1.29 is 15.0 Å². The van der Waals surface area contributed by atoms with Crippen LogP contribution in [0.4, 0.5) is 4.79 Å². The fourth-order valence-electron chi connectivity index (χ4n) is 2.14. The number of carbonyl (C=O) groups is 1. The van der Waals surface area contributed by atoms with Crippen LogP contribution in [-0.4, -0.2) is 40.9 Å². The highest BCUT2D eigenvalue weighted by atomic mass is 16.4. The van der Waals surface area contributed by atoms with E-state index in [2.05, 4.69) is 0 Å². The molecule has 4 nitrogen and oxygen atoms in total. The Balaban J connectivity index is 2.40. The van der Waals surface area contributed by atoms with Crippen LogP contribution in [0.1, 0.15) is 32.1 Å². The summed E-state index contributed by atoms with van der Waals surface area (Å²) >= 11 is 0. The van der Waals surface area contributed by atoms with Gasteiger partial charge in [0.2, 0.25) is 0 Å². The van der Waals surface area contributed by atoms with Gasteiger partial charge in [-0.25, -0.2) is 4.79 Å².